The van der Waals surface area contributed by atoms with Crippen LogP contribution in [0.3, 0.4) is 0 Å². The van der Waals surface area contributed by atoms with Crippen LogP contribution >= 0.6 is 0 Å². The van der Waals surface area contributed by atoms with Gasteiger partial charge < -0.3 is 14.9 Å². The zero-order chi connectivity index (χ0) is 20.0. The third-order valence-electron chi connectivity index (χ3n) is 6.85. The highest BCUT2D eigenvalue weighted by atomic mass is 16.4. The van der Waals surface area contributed by atoms with E-state index in [1.54, 1.807) is 4.90 Å². The van der Waals surface area contributed by atoms with Crippen LogP contribution in [0, 0.1) is 12.3 Å². The summed E-state index contributed by atoms with van der Waals surface area (Å²) in [5.41, 5.74) is 2.40. The normalized spacial score (nSPS) is 24.1. The Morgan fingerprint density at radius 3 is 2.72 bits per heavy atom. The fourth-order valence-electron chi connectivity index (χ4n) is 5.33. The molecule has 3 fully saturated rings. The van der Waals surface area contributed by atoms with Crippen molar-refractivity contribution in [3.63, 3.8) is 0 Å². The summed E-state index contributed by atoms with van der Waals surface area (Å²) in [7, 11) is 0. The molecule has 3 aliphatic rings. The number of aryl methyl sites for hydroxylation is 1. The first-order valence-electron chi connectivity index (χ1n) is 10.5. The molecular formula is C21H28N6O2. The molecule has 8 heteroatoms. The average Bonchev–Trinajstić information content (AvgIpc) is 3.34. The molecule has 29 heavy (non-hydrogen) atoms. The molecule has 0 unspecified atom stereocenters. The highest BCUT2D eigenvalue weighted by Crippen LogP contribution is 2.47. The van der Waals surface area contributed by atoms with Crippen LogP contribution in [0.1, 0.15) is 24.8 Å². The van der Waals surface area contributed by atoms with Gasteiger partial charge in [0, 0.05) is 63.1 Å². The van der Waals surface area contributed by atoms with Crippen molar-refractivity contribution in [1.29, 1.82) is 0 Å². The Morgan fingerprint density at radius 2 is 2.03 bits per heavy atom. The Morgan fingerprint density at radius 1 is 1.24 bits per heavy atom. The second-order valence-electron chi connectivity index (χ2n) is 8.87. The predicted molar refractivity (Wildman–Crippen MR) is 110 cm³/mol. The molecule has 1 amide bonds. The number of hydrogen-bond acceptors (Lipinski definition) is 5. The fraction of sp³-hybridized carbons (Fsp3) is 0.571. The number of anilines is 1. The van der Waals surface area contributed by atoms with Gasteiger partial charge in [0.25, 0.3) is 0 Å². The number of likely N-dealkylation sites (tertiary alicyclic amines) is 1. The van der Waals surface area contributed by atoms with E-state index < -0.39 is 6.09 Å². The van der Waals surface area contributed by atoms with Crippen LogP contribution in [0.15, 0.2) is 30.7 Å². The van der Waals surface area contributed by atoms with Crippen LogP contribution in [-0.4, -0.2) is 81.1 Å². The molecule has 0 bridgehead atoms. The maximum absolute atomic E-state index is 11.1. The lowest BCUT2D eigenvalue weighted by molar-refractivity contribution is 0.00903. The van der Waals surface area contributed by atoms with Crippen LogP contribution in [0.25, 0.3) is 5.69 Å². The summed E-state index contributed by atoms with van der Waals surface area (Å²) in [4.78, 5) is 22.3. The minimum atomic E-state index is -0.772. The summed E-state index contributed by atoms with van der Waals surface area (Å²) in [5, 5.41) is 13.6. The summed E-state index contributed by atoms with van der Waals surface area (Å²) < 4.78 is 1.91. The van der Waals surface area contributed by atoms with Crippen molar-refractivity contribution in [2.45, 2.75) is 32.2 Å². The zero-order valence-electron chi connectivity index (χ0n) is 16.9. The number of piperazine rings is 1. The molecular weight excluding hydrogens is 368 g/mol. The van der Waals surface area contributed by atoms with Crippen molar-refractivity contribution in [1.82, 2.24) is 24.6 Å². The minimum absolute atomic E-state index is 0.242. The SMILES string of the molecule is Cc1cnn(-c2cccnc2N2CCN([C@@H]3CCC4(C3)CN(C(=O)O)C4)CC2)c1. The molecule has 8 nitrogen and oxygen atoms in total. The highest BCUT2D eigenvalue weighted by molar-refractivity contribution is 5.66. The van der Waals surface area contributed by atoms with Crippen LogP contribution < -0.4 is 4.90 Å². The maximum Gasteiger partial charge on any atom is 0.407 e. The molecule has 1 saturated carbocycles. The van der Waals surface area contributed by atoms with Crippen molar-refractivity contribution in [3.05, 3.63) is 36.3 Å². The van der Waals surface area contributed by atoms with Crippen LogP contribution in [0.5, 0.6) is 0 Å². The molecule has 0 radical (unpaired) electrons. The Hall–Kier alpha value is -2.61. The third kappa shape index (κ3) is 3.35. The summed E-state index contributed by atoms with van der Waals surface area (Å²) in [6.07, 6.45) is 8.47. The first-order chi connectivity index (χ1) is 14.0. The number of rotatable bonds is 3. The van der Waals surface area contributed by atoms with E-state index in [1.165, 1.54) is 6.42 Å². The number of hydrogen-bond donors (Lipinski definition) is 1. The van der Waals surface area contributed by atoms with E-state index in [0.29, 0.717) is 6.04 Å². The lowest BCUT2D eigenvalue weighted by atomic mass is 9.78. The molecule has 5 rings (SSSR count). The molecule has 154 valence electrons. The molecule has 4 heterocycles. The lowest BCUT2D eigenvalue weighted by Crippen LogP contribution is -2.58. The number of nitrogens with zero attached hydrogens (tertiary/aromatic N) is 6. The van der Waals surface area contributed by atoms with E-state index in [0.717, 1.165) is 69.2 Å². The lowest BCUT2D eigenvalue weighted by Gasteiger charge is -2.47. The Kier molecular flexibility index (Phi) is 4.46. The molecule has 1 atom stereocenters. The van der Waals surface area contributed by atoms with Crippen LogP contribution in [0.2, 0.25) is 0 Å². The number of aromatic nitrogens is 3. The van der Waals surface area contributed by atoms with Crippen molar-refractivity contribution < 1.29 is 9.90 Å². The fourth-order valence-corrected chi connectivity index (χ4v) is 5.33. The number of amides is 1. The summed E-state index contributed by atoms with van der Waals surface area (Å²) in [6, 6.07) is 4.63. The Bertz CT molecular complexity index is 898. The second kappa shape index (κ2) is 7.02. The van der Waals surface area contributed by atoms with E-state index >= 15 is 0 Å². The van der Waals surface area contributed by atoms with Gasteiger partial charge in [0.2, 0.25) is 0 Å². The van der Waals surface area contributed by atoms with Gasteiger partial charge in [-0.2, -0.15) is 5.10 Å². The summed E-state index contributed by atoms with van der Waals surface area (Å²) in [6.45, 7) is 7.45. The van der Waals surface area contributed by atoms with Gasteiger partial charge in [0.1, 0.15) is 5.69 Å². The number of carbonyl (C=O) groups is 1. The molecule has 1 N–H and O–H groups in total. The smallest absolute Gasteiger partial charge is 0.407 e. The topological polar surface area (TPSA) is 77.7 Å². The van der Waals surface area contributed by atoms with Gasteiger partial charge in [-0.15, -0.1) is 0 Å². The largest absolute Gasteiger partial charge is 0.465 e. The van der Waals surface area contributed by atoms with Gasteiger partial charge >= 0.3 is 6.09 Å². The van der Waals surface area contributed by atoms with Crippen LogP contribution in [-0.2, 0) is 0 Å². The monoisotopic (exact) mass is 396 g/mol. The standard InChI is InChI=1S/C21H28N6O2/c1-16-12-23-27(13-16)18-3-2-6-22-19(18)25-9-7-24(8-10-25)17-4-5-21(11-17)14-26(15-21)20(28)29/h2-3,6,12-13,17H,4-5,7-11,14-15H2,1H3,(H,28,29)/t17-/m1/s1. The molecule has 0 aromatic carbocycles. The molecule has 1 aliphatic carbocycles. The van der Waals surface area contributed by atoms with Gasteiger partial charge in [-0.25, -0.2) is 14.5 Å². The number of pyridine rings is 1. The van der Waals surface area contributed by atoms with Crippen LogP contribution in [0.4, 0.5) is 10.6 Å². The van der Waals surface area contributed by atoms with Crippen molar-refractivity contribution in [2.75, 3.05) is 44.2 Å². The molecule has 2 saturated heterocycles. The van der Waals surface area contributed by atoms with Crippen molar-refractivity contribution in [3.8, 4) is 5.69 Å². The van der Waals surface area contributed by atoms with Gasteiger partial charge in [0.15, 0.2) is 5.82 Å². The van der Waals surface area contributed by atoms with Gasteiger partial charge in [-0.3, -0.25) is 4.90 Å². The molecule has 2 aromatic heterocycles. The molecule has 2 aliphatic heterocycles. The first kappa shape index (κ1) is 18.4. The maximum atomic E-state index is 11.1. The first-order valence-corrected chi connectivity index (χ1v) is 10.5. The quantitative estimate of drug-likeness (QED) is 0.857. The van der Waals surface area contributed by atoms with Crippen molar-refractivity contribution in [2.24, 2.45) is 5.41 Å². The summed E-state index contributed by atoms with van der Waals surface area (Å²) in [5.74, 6) is 0.995. The van der Waals surface area contributed by atoms with Gasteiger partial charge in [-0.1, -0.05) is 0 Å². The van der Waals surface area contributed by atoms with E-state index in [-0.39, 0.29) is 5.41 Å². The average molecular weight is 396 g/mol. The minimum Gasteiger partial charge on any atom is -0.465 e. The molecule has 2 aromatic rings. The number of carboxylic acid groups (broad SMARTS) is 1. The van der Waals surface area contributed by atoms with E-state index in [4.69, 9.17) is 5.11 Å². The highest BCUT2D eigenvalue weighted by Gasteiger charge is 2.50. The van der Waals surface area contributed by atoms with E-state index in [2.05, 4.69) is 25.9 Å². The Labute approximate surface area is 170 Å². The predicted octanol–water partition coefficient (Wildman–Crippen LogP) is 2.23. The Balaban J connectivity index is 1.22. The van der Waals surface area contributed by atoms with E-state index in [9.17, 15) is 4.79 Å². The van der Waals surface area contributed by atoms with Crippen molar-refractivity contribution >= 4 is 11.9 Å². The second-order valence-corrected chi connectivity index (χ2v) is 8.87. The van der Waals surface area contributed by atoms with E-state index in [1.807, 2.05) is 36.3 Å². The van der Waals surface area contributed by atoms with Gasteiger partial charge in [-0.05, 0) is 43.9 Å². The zero-order valence-corrected chi connectivity index (χ0v) is 16.9. The molecule has 1 spiro atoms. The third-order valence-corrected chi connectivity index (χ3v) is 6.85. The van der Waals surface area contributed by atoms with Gasteiger partial charge in [0.05, 0.1) is 6.20 Å². The summed E-state index contributed by atoms with van der Waals surface area (Å²) >= 11 is 0.